The molecule has 0 atom stereocenters. The molecule has 0 radical (unpaired) electrons. The zero-order valence-corrected chi connectivity index (χ0v) is 9.80. The predicted octanol–water partition coefficient (Wildman–Crippen LogP) is 1.32. The van der Waals surface area contributed by atoms with Gasteiger partial charge in [0.2, 0.25) is 5.91 Å². The lowest BCUT2D eigenvalue weighted by atomic mass is 10.1. The van der Waals surface area contributed by atoms with Gasteiger partial charge in [-0.3, -0.25) is 9.59 Å². The average molecular weight is 239 g/mol. The summed E-state index contributed by atoms with van der Waals surface area (Å²) >= 11 is 1.58. The Hall–Kier alpha value is -1.36. The second kappa shape index (κ2) is 4.25. The molecule has 0 aliphatic heterocycles. The molecule has 86 valence electrons. The van der Waals surface area contributed by atoms with Crippen molar-refractivity contribution < 1.29 is 14.3 Å². The van der Waals surface area contributed by atoms with E-state index in [4.69, 9.17) is 0 Å². The number of carbonyl (C=O) groups is 2. The third-order valence-corrected chi connectivity index (χ3v) is 3.64. The molecule has 1 aliphatic carbocycles. The first-order valence-corrected chi connectivity index (χ1v) is 5.96. The predicted molar refractivity (Wildman–Crippen MR) is 59.8 cm³/mol. The van der Waals surface area contributed by atoms with Crippen LogP contribution in [0.25, 0.3) is 0 Å². The van der Waals surface area contributed by atoms with E-state index < -0.39 is 11.4 Å². The van der Waals surface area contributed by atoms with E-state index in [1.54, 1.807) is 11.3 Å². The minimum atomic E-state index is -0.897. The van der Waals surface area contributed by atoms with Crippen molar-refractivity contribution in [3.63, 3.8) is 0 Å². The molecule has 0 unspecified atom stereocenters. The van der Waals surface area contributed by atoms with Crippen LogP contribution in [0.2, 0.25) is 0 Å². The Kier molecular flexibility index (Phi) is 2.96. The summed E-state index contributed by atoms with van der Waals surface area (Å²) in [6.07, 6.45) is 1.19. The topological polar surface area (TPSA) is 55.4 Å². The lowest BCUT2D eigenvalue weighted by Crippen LogP contribution is -2.37. The molecule has 2 rings (SSSR count). The number of hydrogen-bond acceptors (Lipinski definition) is 4. The zero-order chi connectivity index (χ0) is 11.6. The standard InChI is InChI=1S/C11H13NO3S/c1-15-10(14)11(4-5-11)9(13)12-7-8-3-2-6-16-8/h2-3,6H,4-5,7H2,1H3,(H,12,13). The van der Waals surface area contributed by atoms with E-state index >= 15 is 0 Å². The lowest BCUT2D eigenvalue weighted by molar-refractivity contribution is -0.152. The highest BCUT2D eigenvalue weighted by atomic mass is 32.1. The Morgan fingerprint density at radius 1 is 1.56 bits per heavy atom. The van der Waals surface area contributed by atoms with Crippen molar-refractivity contribution in [2.24, 2.45) is 5.41 Å². The van der Waals surface area contributed by atoms with Crippen molar-refractivity contribution in [3.8, 4) is 0 Å². The first kappa shape index (κ1) is 11.1. The average Bonchev–Trinajstić information content (AvgIpc) is 2.95. The van der Waals surface area contributed by atoms with Gasteiger partial charge in [0.25, 0.3) is 0 Å². The summed E-state index contributed by atoms with van der Waals surface area (Å²) < 4.78 is 4.64. The normalized spacial score (nSPS) is 16.6. The number of thiophene rings is 1. The summed E-state index contributed by atoms with van der Waals surface area (Å²) in [5.41, 5.74) is -0.897. The minimum absolute atomic E-state index is 0.215. The Morgan fingerprint density at radius 2 is 2.31 bits per heavy atom. The van der Waals surface area contributed by atoms with Gasteiger partial charge in [-0.2, -0.15) is 0 Å². The summed E-state index contributed by atoms with van der Waals surface area (Å²) in [7, 11) is 1.31. The highest BCUT2D eigenvalue weighted by molar-refractivity contribution is 7.09. The van der Waals surface area contributed by atoms with Crippen LogP contribution in [0.5, 0.6) is 0 Å². The molecule has 1 fully saturated rings. The fourth-order valence-electron chi connectivity index (χ4n) is 1.59. The van der Waals surface area contributed by atoms with Crippen molar-refractivity contribution >= 4 is 23.2 Å². The van der Waals surface area contributed by atoms with E-state index in [-0.39, 0.29) is 5.91 Å². The number of amides is 1. The molecular weight excluding hydrogens is 226 g/mol. The van der Waals surface area contributed by atoms with Crippen LogP contribution >= 0.6 is 11.3 Å². The monoisotopic (exact) mass is 239 g/mol. The number of hydrogen-bond donors (Lipinski definition) is 1. The Morgan fingerprint density at radius 3 is 2.81 bits per heavy atom. The molecular formula is C11H13NO3S. The molecule has 5 heteroatoms. The molecule has 0 bridgehead atoms. The number of methoxy groups -OCH3 is 1. The van der Waals surface area contributed by atoms with Gasteiger partial charge in [-0.15, -0.1) is 11.3 Å². The third-order valence-electron chi connectivity index (χ3n) is 2.76. The molecule has 1 aliphatic rings. The van der Waals surface area contributed by atoms with E-state index in [0.29, 0.717) is 19.4 Å². The number of esters is 1. The maximum absolute atomic E-state index is 11.8. The van der Waals surface area contributed by atoms with Crippen LogP contribution in [0.15, 0.2) is 17.5 Å². The van der Waals surface area contributed by atoms with Crippen LogP contribution in [0.4, 0.5) is 0 Å². The van der Waals surface area contributed by atoms with Crippen molar-refractivity contribution in [1.82, 2.24) is 5.32 Å². The van der Waals surface area contributed by atoms with Gasteiger partial charge in [0.1, 0.15) is 5.41 Å². The summed E-state index contributed by atoms with van der Waals surface area (Å²) in [6.45, 7) is 0.481. The van der Waals surface area contributed by atoms with Crippen LogP contribution in [0, 0.1) is 5.41 Å². The maximum atomic E-state index is 11.8. The summed E-state index contributed by atoms with van der Waals surface area (Å²) in [4.78, 5) is 24.3. The minimum Gasteiger partial charge on any atom is -0.468 e. The van der Waals surface area contributed by atoms with Gasteiger partial charge in [-0.1, -0.05) is 6.07 Å². The smallest absolute Gasteiger partial charge is 0.321 e. The highest BCUT2D eigenvalue weighted by Crippen LogP contribution is 2.46. The maximum Gasteiger partial charge on any atom is 0.321 e. The molecule has 1 saturated carbocycles. The SMILES string of the molecule is COC(=O)C1(C(=O)NCc2cccs2)CC1. The number of rotatable bonds is 4. The molecule has 4 nitrogen and oxygen atoms in total. The van der Waals surface area contributed by atoms with Crippen LogP contribution < -0.4 is 5.32 Å². The first-order chi connectivity index (χ1) is 7.69. The fourth-order valence-corrected chi connectivity index (χ4v) is 2.24. The quantitative estimate of drug-likeness (QED) is 0.637. The van der Waals surface area contributed by atoms with Gasteiger partial charge < -0.3 is 10.1 Å². The summed E-state index contributed by atoms with van der Waals surface area (Å²) in [5.74, 6) is -0.635. The van der Waals surface area contributed by atoms with Gasteiger partial charge in [0, 0.05) is 4.88 Å². The van der Waals surface area contributed by atoms with E-state index in [2.05, 4.69) is 10.1 Å². The zero-order valence-electron chi connectivity index (χ0n) is 8.99. The Bertz CT molecular complexity index is 395. The Labute approximate surface area is 97.6 Å². The molecule has 1 heterocycles. The first-order valence-electron chi connectivity index (χ1n) is 5.08. The largest absolute Gasteiger partial charge is 0.468 e. The Balaban J connectivity index is 1.91. The van der Waals surface area contributed by atoms with Gasteiger partial charge in [-0.05, 0) is 24.3 Å². The van der Waals surface area contributed by atoms with Gasteiger partial charge in [0.05, 0.1) is 13.7 Å². The van der Waals surface area contributed by atoms with E-state index in [1.165, 1.54) is 7.11 Å². The number of ether oxygens (including phenoxy) is 1. The molecule has 0 aromatic carbocycles. The molecule has 16 heavy (non-hydrogen) atoms. The number of nitrogens with one attached hydrogen (secondary N) is 1. The molecule has 1 N–H and O–H groups in total. The fraction of sp³-hybridized carbons (Fsp3) is 0.455. The summed E-state index contributed by atoms with van der Waals surface area (Å²) in [5, 5.41) is 4.73. The van der Waals surface area contributed by atoms with E-state index in [0.717, 1.165) is 4.88 Å². The molecule has 0 saturated heterocycles. The van der Waals surface area contributed by atoms with Crippen LogP contribution in [-0.4, -0.2) is 19.0 Å². The van der Waals surface area contributed by atoms with E-state index in [9.17, 15) is 9.59 Å². The molecule has 0 spiro atoms. The third kappa shape index (κ3) is 1.95. The van der Waals surface area contributed by atoms with Crippen molar-refractivity contribution in [2.75, 3.05) is 7.11 Å². The molecule has 1 aromatic heterocycles. The van der Waals surface area contributed by atoms with Crippen LogP contribution in [0.3, 0.4) is 0 Å². The van der Waals surface area contributed by atoms with Gasteiger partial charge in [-0.25, -0.2) is 0 Å². The van der Waals surface area contributed by atoms with Gasteiger partial charge in [0.15, 0.2) is 0 Å². The number of carbonyl (C=O) groups excluding carboxylic acids is 2. The van der Waals surface area contributed by atoms with Gasteiger partial charge >= 0.3 is 5.97 Å². The molecule has 1 aromatic rings. The second-order valence-corrected chi connectivity index (χ2v) is 4.87. The van der Waals surface area contributed by atoms with E-state index in [1.807, 2.05) is 17.5 Å². The summed E-state index contributed by atoms with van der Waals surface area (Å²) in [6, 6.07) is 3.88. The van der Waals surface area contributed by atoms with Crippen LogP contribution in [0.1, 0.15) is 17.7 Å². The van der Waals surface area contributed by atoms with Crippen molar-refractivity contribution in [2.45, 2.75) is 19.4 Å². The van der Waals surface area contributed by atoms with Crippen molar-refractivity contribution in [3.05, 3.63) is 22.4 Å². The van der Waals surface area contributed by atoms with Crippen molar-refractivity contribution in [1.29, 1.82) is 0 Å². The highest BCUT2D eigenvalue weighted by Gasteiger charge is 2.57. The second-order valence-electron chi connectivity index (χ2n) is 3.84. The molecule has 1 amide bonds. The van der Waals surface area contributed by atoms with Crippen LogP contribution in [-0.2, 0) is 20.9 Å². The lowest BCUT2D eigenvalue weighted by Gasteiger charge is -2.12.